The Morgan fingerprint density at radius 3 is 1.77 bits per heavy atom. The first-order valence-electron chi connectivity index (χ1n) is 9.38. The third-order valence-corrected chi connectivity index (χ3v) is 4.72. The van der Waals surface area contributed by atoms with Gasteiger partial charge in [0, 0.05) is 56.3 Å². The van der Waals surface area contributed by atoms with E-state index in [1.165, 1.54) is 5.56 Å². The molecule has 3 aromatic rings. The summed E-state index contributed by atoms with van der Waals surface area (Å²) in [5.41, 5.74) is 3.71. The lowest BCUT2D eigenvalue weighted by atomic mass is 10.0. The lowest BCUT2D eigenvalue weighted by Gasteiger charge is -2.26. The van der Waals surface area contributed by atoms with Crippen molar-refractivity contribution >= 4 is 0 Å². The number of nitrogens with zero attached hydrogens (tertiary/aromatic N) is 3. The lowest BCUT2D eigenvalue weighted by Crippen LogP contribution is -2.32. The van der Waals surface area contributed by atoms with E-state index in [1.54, 1.807) is 0 Å². The van der Waals surface area contributed by atoms with Crippen molar-refractivity contribution in [3.63, 3.8) is 0 Å². The molecule has 0 saturated heterocycles. The Labute approximate surface area is 156 Å². The van der Waals surface area contributed by atoms with E-state index in [1.807, 2.05) is 24.5 Å². The van der Waals surface area contributed by atoms with Crippen molar-refractivity contribution in [2.75, 3.05) is 19.6 Å². The first kappa shape index (κ1) is 18.3. The van der Waals surface area contributed by atoms with Crippen molar-refractivity contribution in [3.05, 3.63) is 96.1 Å². The van der Waals surface area contributed by atoms with Gasteiger partial charge in [0.25, 0.3) is 0 Å². The summed E-state index contributed by atoms with van der Waals surface area (Å²) in [6, 6.07) is 23.1. The van der Waals surface area contributed by atoms with Gasteiger partial charge in [-0.25, -0.2) is 0 Å². The van der Waals surface area contributed by atoms with Crippen LogP contribution in [0.1, 0.15) is 29.8 Å². The Kier molecular flexibility index (Phi) is 6.91. The molecule has 0 N–H and O–H groups in total. The summed E-state index contributed by atoms with van der Waals surface area (Å²) < 4.78 is 0. The molecule has 0 amide bonds. The summed E-state index contributed by atoms with van der Waals surface area (Å²) in [4.78, 5) is 11.5. The summed E-state index contributed by atoms with van der Waals surface area (Å²) in [6.45, 7) is 5.38. The van der Waals surface area contributed by atoms with Crippen LogP contribution >= 0.6 is 0 Å². The molecule has 0 saturated carbocycles. The molecule has 26 heavy (non-hydrogen) atoms. The SMILES string of the molecule is C[C@@H](CN(CCc1ccccn1)CCc1ccccn1)c1ccccc1. The maximum Gasteiger partial charge on any atom is 0.0416 e. The largest absolute Gasteiger partial charge is 0.302 e. The van der Waals surface area contributed by atoms with Crippen LogP contribution in [0.2, 0.25) is 0 Å². The molecule has 134 valence electrons. The van der Waals surface area contributed by atoms with Gasteiger partial charge in [0.05, 0.1) is 0 Å². The summed E-state index contributed by atoms with van der Waals surface area (Å²) in [5, 5.41) is 0. The molecule has 0 unspecified atom stereocenters. The predicted molar refractivity (Wildman–Crippen MR) is 107 cm³/mol. The first-order chi connectivity index (χ1) is 12.8. The van der Waals surface area contributed by atoms with Gasteiger partial charge in [-0.3, -0.25) is 9.97 Å². The van der Waals surface area contributed by atoms with E-state index in [0.29, 0.717) is 5.92 Å². The molecule has 0 bridgehead atoms. The van der Waals surface area contributed by atoms with Crippen molar-refractivity contribution in [1.82, 2.24) is 14.9 Å². The highest BCUT2D eigenvalue weighted by Gasteiger charge is 2.13. The van der Waals surface area contributed by atoms with E-state index in [-0.39, 0.29) is 0 Å². The Morgan fingerprint density at radius 2 is 1.27 bits per heavy atom. The van der Waals surface area contributed by atoms with Crippen LogP contribution in [0.25, 0.3) is 0 Å². The number of aromatic nitrogens is 2. The minimum atomic E-state index is 0.503. The molecule has 0 aliphatic rings. The van der Waals surface area contributed by atoms with E-state index in [4.69, 9.17) is 0 Å². The molecule has 0 spiro atoms. The highest BCUT2D eigenvalue weighted by Crippen LogP contribution is 2.16. The number of hydrogen-bond acceptors (Lipinski definition) is 3. The predicted octanol–water partition coefficient (Wildman–Crippen LogP) is 4.37. The first-order valence-corrected chi connectivity index (χ1v) is 9.38. The molecule has 2 aromatic heterocycles. The Bertz CT molecular complexity index is 701. The van der Waals surface area contributed by atoms with Gasteiger partial charge < -0.3 is 4.90 Å². The number of hydrogen-bond donors (Lipinski definition) is 0. The van der Waals surface area contributed by atoms with Gasteiger partial charge in [0.1, 0.15) is 0 Å². The molecule has 0 fully saturated rings. The third-order valence-electron chi connectivity index (χ3n) is 4.72. The van der Waals surface area contributed by atoms with Crippen LogP contribution in [0.15, 0.2) is 79.1 Å². The van der Waals surface area contributed by atoms with Crippen LogP contribution in [0.3, 0.4) is 0 Å². The average Bonchev–Trinajstić information content (AvgIpc) is 2.72. The zero-order valence-corrected chi connectivity index (χ0v) is 15.5. The molecule has 3 heteroatoms. The van der Waals surface area contributed by atoms with Gasteiger partial charge in [0.15, 0.2) is 0 Å². The fourth-order valence-corrected chi connectivity index (χ4v) is 3.21. The number of benzene rings is 1. The second-order valence-electron chi connectivity index (χ2n) is 6.75. The number of pyridine rings is 2. The van der Waals surface area contributed by atoms with E-state index >= 15 is 0 Å². The maximum atomic E-state index is 4.47. The normalized spacial score (nSPS) is 12.2. The van der Waals surface area contributed by atoms with Crippen LogP contribution in [0, 0.1) is 0 Å². The fraction of sp³-hybridized carbons (Fsp3) is 0.304. The topological polar surface area (TPSA) is 29.0 Å². The summed E-state index contributed by atoms with van der Waals surface area (Å²) >= 11 is 0. The zero-order valence-electron chi connectivity index (χ0n) is 15.5. The van der Waals surface area contributed by atoms with E-state index in [9.17, 15) is 0 Å². The minimum absolute atomic E-state index is 0.503. The van der Waals surface area contributed by atoms with E-state index in [0.717, 1.165) is 43.9 Å². The van der Waals surface area contributed by atoms with Gasteiger partial charge in [-0.05, 0) is 35.7 Å². The second-order valence-corrected chi connectivity index (χ2v) is 6.75. The molecule has 1 aromatic carbocycles. The molecule has 1 atom stereocenters. The van der Waals surface area contributed by atoms with Crippen LogP contribution in [0.4, 0.5) is 0 Å². The quantitative estimate of drug-likeness (QED) is 0.577. The summed E-state index contributed by atoms with van der Waals surface area (Å²) in [6.07, 6.45) is 5.70. The lowest BCUT2D eigenvalue weighted by molar-refractivity contribution is 0.265. The van der Waals surface area contributed by atoms with Gasteiger partial charge in [0.2, 0.25) is 0 Å². The van der Waals surface area contributed by atoms with Crippen LogP contribution in [0.5, 0.6) is 0 Å². The minimum Gasteiger partial charge on any atom is -0.302 e. The molecule has 3 rings (SSSR count). The van der Waals surface area contributed by atoms with Gasteiger partial charge in [-0.2, -0.15) is 0 Å². The summed E-state index contributed by atoms with van der Waals surface area (Å²) in [7, 11) is 0. The Hall–Kier alpha value is -2.52. The van der Waals surface area contributed by atoms with Crippen molar-refractivity contribution in [3.8, 4) is 0 Å². The Morgan fingerprint density at radius 1 is 0.731 bits per heavy atom. The van der Waals surface area contributed by atoms with Crippen LogP contribution in [-0.4, -0.2) is 34.5 Å². The van der Waals surface area contributed by atoms with Crippen molar-refractivity contribution < 1.29 is 0 Å². The molecule has 0 aliphatic heterocycles. The number of rotatable bonds is 9. The Balaban J connectivity index is 1.62. The van der Waals surface area contributed by atoms with E-state index < -0.39 is 0 Å². The van der Waals surface area contributed by atoms with Crippen LogP contribution in [-0.2, 0) is 12.8 Å². The average molecular weight is 345 g/mol. The van der Waals surface area contributed by atoms with Crippen molar-refractivity contribution in [1.29, 1.82) is 0 Å². The van der Waals surface area contributed by atoms with E-state index in [2.05, 4.69) is 76.4 Å². The smallest absolute Gasteiger partial charge is 0.0416 e. The van der Waals surface area contributed by atoms with Crippen LogP contribution < -0.4 is 0 Å². The monoisotopic (exact) mass is 345 g/mol. The zero-order chi connectivity index (χ0) is 18.0. The fourth-order valence-electron chi connectivity index (χ4n) is 3.21. The molecule has 0 radical (unpaired) electrons. The standard InChI is InChI=1S/C23H27N3/c1-20(21-9-3-2-4-10-21)19-26(17-13-22-11-5-7-15-24-22)18-14-23-12-6-8-16-25-23/h2-12,15-16,20H,13-14,17-19H2,1H3/t20-/m0/s1. The molecular weight excluding hydrogens is 318 g/mol. The van der Waals surface area contributed by atoms with Crippen molar-refractivity contribution in [2.24, 2.45) is 0 Å². The molecule has 3 nitrogen and oxygen atoms in total. The molecular formula is C23H27N3. The van der Waals surface area contributed by atoms with Crippen molar-refractivity contribution in [2.45, 2.75) is 25.7 Å². The highest BCUT2D eigenvalue weighted by molar-refractivity contribution is 5.19. The maximum absolute atomic E-state index is 4.47. The third kappa shape index (κ3) is 5.78. The van der Waals surface area contributed by atoms with Gasteiger partial charge >= 0.3 is 0 Å². The summed E-state index contributed by atoms with van der Waals surface area (Å²) in [5.74, 6) is 0.503. The molecule has 2 heterocycles. The highest BCUT2D eigenvalue weighted by atomic mass is 15.1. The second kappa shape index (κ2) is 9.83. The van der Waals surface area contributed by atoms with Gasteiger partial charge in [-0.15, -0.1) is 0 Å². The van der Waals surface area contributed by atoms with Gasteiger partial charge in [-0.1, -0.05) is 49.4 Å². The molecule has 0 aliphatic carbocycles.